The number of amides is 1. The van der Waals surface area contributed by atoms with Crippen molar-refractivity contribution in [1.29, 1.82) is 0 Å². The van der Waals surface area contributed by atoms with E-state index in [1.54, 1.807) is 0 Å². The molecule has 1 aromatic heterocycles. The second-order valence-corrected chi connectivity index (χ2v) is 11.3. The fourth-order valence-electron chi connectivity index (χ4n) is 4.64. The van der Waals surface area contributed by atoms with Crippen molar-refractivity contribution in [3.05, 3.63) is 46.6 Å². The second-order valence-electron chi connectivity index (χ2n) is 11.3. The van der Waals surface area contributed by atoms with Gasteiger partial charge in [-0.2, -0.15) is 0 Å². The number of hydrogen-bond donors (Lipinski definition) is 1. The Hall–Kier alpha value is -2.03. The van der Waals surface area contributed by atoms with Gasteiger partial charge >= 0.3 is 0 Å². The maximum atomic E-state index is 12.2. The van der Waals surface area contributed by atoms with Crippen molar-refractivity contribution in [2.75, 3.05) is 0 Å². The van der Waals surface area contributed by atoms with Crippen LogP contribution >= 0.6 is 0 Å². The van der Waals surface area contributed by atoms with Crippen LogP contribution in [-0.2, 0) is 17.4 Å². The van der Waals surface area contributed by atoms with Gasteiger partial charge in [-0.1, -0.05) is 66.9 Å². The van der Waals surface area contributed by atoms with Crippen LogP contribution in [-0.4, -0.2) is 10.5 Å². The molecule has 3 nitrogen and oxygen atoms in total. The van der Waals surface area contributed by atoms with Crippen LogP contribution in [0.15, 0.2) is 24.3 Å². The lowest BCUT2D eigenvalue weighted by Gasteiger charge is -2.27. The molecular formula is C27H40N2O. The van der Waals surface area contributed by atoms with Gasteiger partial charge in [0.1, 0.15) is 0 Å². The van der Waals surface area contributed by atoms with E-state index in [-0.39, 0.29) is 16.7 Å². The van der Waals surface area contributed by atoms with E-state index >= 15 is 0 Å². The standard InChI is InChI=1S/C27H40N2O/c1-18-23(25(28)30)16-24(29(18)17-19-11-9-8-10-12-19)20-13-21(26(2,3)4)15-22(14-20)27(5,6)7/h13-16,19H,8-12,17H2,1-7H3,(H2,28,30). The number of hydrogen-bond acceptors (Lipinski definition) is 1. The third-order valence-corrected chi connectivity index (χ3v) is 6.76. The first-order valence-electron chi connectivity index (χ1n) is 11.5. The van der Waals surface area contributed by atoms with E-state index in [1.165, 1.54) is 48.8 Å². The first-order valence-corrected chi connectivity index (χ1v) is 11.5. The van der Waals surface area contributed by atoms with Crippen LogP contribution in [0.1, 0.15) is 101 Å². The molecule has 1 amide bonds. The van der Waals surface area contributed by atoms with Gasteiger partial charge in [0.2, 0.25) is 0 Å². The van der Waals surface area contributed by atoms with Gasteiger partial charge in [-0.3, -0.25) is 4.79 Å². The molecule has 0 bridgehead atoms. The molecule has 1 aromatic carbocycles. The molecule has 2 aromatic rings. The van der Waals surface area contributed by atoms with Gasteiger partial charge in [-0.25, -0.2) is 0 Å². The molecule has 1 aliphatic carbocycles. The highest BCUT2D eigenvalue weighted by atomic mass is 16.1. The summed E-state index contributed by atoms with van der Waals surface area (Å²) in [7, 11) is 0. The average Bonchev–Trinajstić information content (AvgIpc) is 2.97. The van der Waals surface area contributed by atoms with Crippen LogP contribution in [0.4, 0.5) is 0 Å². The Morgan fingerprint density at radius 2 is 1.47 bits per heavy atom. The molecule has 1 fully saturated rings. The molecule has 1 saturated carbocycles. The lowest BCUT2D eigenvalue weighted by molar-refractivity contribution is 0.0999. The van der Waals surface area contributed by atoms with Crippen LogP contribution in [0.2, 0.25) is 0 Å². The summed E-state index contributed by atoms with van der Waals surface area (Å²) in [5.74, 6) is 0.344. The third-order valence-electron chi connectivity index (χ3n) is 6.76. The number of carbonyl (C=O) groups excluding carboxylic acids is 1. The molecule has 3 heteroatoms. The zero-order chi connectivity index (χ0) is 22.3. The van der Waals surface area contributed by atoms with Crippen LogP contribution in [0.25, 0.3) is 11.3 Å². The Labute approximate surface area is 183 Å². The summed E-state index contributed by atoms with van der Waals surface area (Å²) in [4.78, 5) is 12.2. The monoisotopic (exact) mass is 408 g/mol. The van der Waals surface area contributed by atoms with Crippen molar-refractivity contribution >= 4 is 5.91 Å². The molecule has 0 radical (unpaired) electrons. The largest absolute Gasteiger partial charge is 0.366 e. The van der Waals surface area contributed by atoms with E-state index < -0.39 is 0 Å². The van der Waals surface area contributed by atoms with Crippen LogP contribution in [0, 0.1) is 12.8 Å². The molecule has 0 unspecified atom stereocenters. The Morgan fingerprint density at radius 1 is 0.933 bits per heavy atom. The van der Waals surface area contributed by atoms with Crippen LogP contribution in [0.3, 0.4) is 0 Å². The first kappa shape index (κ1) is 22.7. The Balaban J connectivity index is 2.18. The highest BCUT2D eigenvalue weighted by molar-refractivity contribution is 5.95. The van der Waals surface area contributed by atoms with Crippen molar-refractivity contribution in [3.8, 4) is 11.3 Å². The molecule has 1 aliphatic rings. The number of aromatic nitrogens is 1. The molecule has 0 saturated heterocycles. The normalized spacial score (nSPS) is 16.1. The van der Waals surface area contributed by atoms with E-state index in [4.69, 9.17) is 5.73 Å². The number of rotatable bonds is 4. The lowest BCUT2D eigenvalue weighted by Crippen LogP contribution is -2.18. The van der Waals surface area contributed by atoms with Gasteiger partial charge in [0.05, 0.1) is 5.56 Å². The van der Waals surface area contributed by atoms with Crippen molar-refractivity contribution < 1.29 is 4.79 Å². The molecule has 0 spiro atoms. The number of carbonyl (C=O) groups is 1. The van der Waals surface area contributed by atoms with Crippen molar-refractivity contribution in [1.82, 2.24) is 4.57 Å². The minimum Gasteiger partial charge on any atom is -0.366 e. The predicted octanol–water partition coefficient (Wildman–Crippen LogP) is 6.74. The van der Waals surface area contributed by atoms with Crippen molar-refractivity contribution in [2.45, 2.75) is 97.9 Å². The minimum absolute atomic E-state index is 0.0539. The van der Waals surface area contributed by atoms with Gasteiger partial charge in [0.15, 0.2) is 0 Å². The smallest absolute Gasteiger partial charge is 0.250 e. The SMILES string of the molecule is Cc1c(C(N)=O)cc(-c2cc(C(C)(C)C)cc(C(C)(C)C)c2)n1CC1CCCCC1. The first-order chi connectivity index (χ1) is 13.9. The maximum absolute atomic E-state index is 12.2. The predicted molar refractivity (Wildman–Crippen MR) is 127 cm³/mol. The quantitative estimate of drug-likeness (QED) is 0.598. The van der Waals surface area contributed by atoms with Gasteiger partial charge in [0.25, 0.3) is 5.91 Å². The molecule has 0 atom stereocenters. The average molecular weight is 409 g/mol. The van der Waals surface area contributed by atoms with E-state index in [1.807, 2.05) is 13.0 Å². The fourth-order valence-corrected chi connectivity index (χ4v) is 4.64. The molecule has 2 N–H and O–H groups in total. The summed E-state index contributed by atoms with van der Waals surface area (Å²) in [6.07, 6.45) is 6.53. The highest BCUT2D eigenvalue weighted by Gasteiger charge is 2.25. The van der Waals surface area contributed by atoms with Gasteiger partial charge in [-0.15, -0.1) is 0 Å². The fraction of sp³-hybridized carbons (Fsp3) is 0.593. The van der Waals surface area contributed by atoms with Crippen LogP contribution < -0.4 is 5.73 Å². The minimum atomic E-state index is -0.334. The topological polar surface area (TPSA) is 48.0 Å². The number of nitrogens with two attached hydrogens (primary N) is 1. The summed E-state index contributed by atoms with van der Waals surface area (Å²) < 4.78 is 2.37. The summed E-state index contributed by atoms with van der Waals surface area (Å²) in [5, 5.41) is 0. The van der Waals surface area contributed by atoms with E-state index in [9.17, 15) is 4.79 Å². The lowest BCUT2D eigenvalue weighted by atomic mass is 9.79. The van der Waals surface area contributed by atoms with Crippen LogP contribution in [0.5, 0.6) is 0 Å². The van der Waals surface area contributed by atoms with E-state index in [0.29, 0.717) is 11.5 Å². The number of nitrogens with zero attached hydrogens (tertiary/aromatic N) is 1. The summed E-state index contributed by atoms with van der Waals surface area (Å²) in [6.45, 7) is 16.6. The van der Waals surface area contributed by atoms with E-state index in [2.05, 4.69) is 64.3 Å². The number of primary amides is 1. The molecule has 1 heterocycles. The van der Waals surface area contributed by atoms with Gasteiger partial charge in [-0.05, 0) is 71.4 Å². The van der Waals surface area contributed by atoms with Crippen molar-refractivity contribution in [3.63, 3.8) is 0 Å². The molecular weight excluding hydrogens is 368 g/mol. The van der Waals surface area contributed by atoms with E-state index in [0.717, 1.165) is 17.9 Å². The molecule has 3 rings (SSSR count). The number of benzene rings is 1. The zero-order valence-electron chi connectivity index (χ0n) is 20.1. The Morgan fingerprint density at radius 3 is 1.93 bits per heavy atom. The third kappa shape index (κ3) is 4.82. The second kappa shape index (κ2) is 8.24. The summed E-state index contributed by atoms with van der Waals surface area (Å²) in [6, 6.07) is 8.99. The Bertz CT molecular complexity index is 883. The molecule has 0 aliphatic heterocycles. The summed E-state index contributed by atoms with van der Waals surface area (Å²) in [5.41, 5.74) is 12.5. The summed E-state index contributed by atoms with van der Waals surface area (Å²) >= 11 is 0. The van der Waals surface area contributed by atoms with Gasteiger partial charge in [0, 0.05) is 17.9 Å². The molecule has 30 heavy (non-hydrogen) atoms. The van der Waals surface area contributed by atoms with Crippen molar-refractivity contribution in [2.24, 2.45) is 11.7 Å². The molecule has 164 valence electrons. The maximum Gasteiger partial charge on any atom is 0.250 e. The van der Waals surface area contributed by atoms with Gasteiger partial charge < -0.3 is 10.3 Å². The highest BCUT2D eigenvalue weighted by Crippen LogP contribution is 2.36. The zero-order valence-corrected chi connectivity index (χ0v) is 20.1. The Kier molecular flexibility index (Phi) is 6.23.